The monoisotopic (exact) mass is 338 g/mol. The average molecular weight is 339 g/mol. The van der Waals surface area contributed by atoms with Gasteiger partial charge in [0.15, 0.2) is 5.84 Å². The molecule has 0 fully saturated rings. The fourth-order valence-corrected chi connectivity index (χ4v) is 1.98. The number of amidine groups is 1. The van der Waals surface area contributed by atoms with Crippen molar-refractivity contribution in [3.05, 3.63) is 63.9 Å². The lowest BCUT2D eigenvalue weighted by molar-refractivity contribution is 0.303. The van der Waals surface area contributed by atoms with Crippen molar-refractivity contribution in [3.8, 4) is 5.75 Å². The maximum atomic E-state index is 12.8. The first kappa shape index (κ1) is 14.3. The molecule has 104 valence electrons. The van der Waals surface area contributed by atoms with Gasteiger partial charge in [-0.25, -0.2) is 4.39 Å². The largest absolute Gasteiger partial charge is 0.488 e. The third kappa shape index (κ3) is 3.48. The van der Waals surface area contributed by atoms with Crippen LogP contribution in [0.1, 0.15) is 11.1 Å². The molecule has 0 saturated carbocycles. The summed E-state index contributed by atoms with van der Waals surface area (Å²) in [5, 5.41) is 11.7. The van der Waals surface area contributed by atoms with Crippen LogP contribution in [0.2, 0.25) is 0 Å². The van der Waals surface area contributed by atoms with Crippen LogP contribution in [0.25, 0.3) is 0 Å². The van der Waals surface area contributed by atoms with Crippen molar-refractivity contribution in [1.29, 1.82) is 0 Å². The van der Waals surface area contributed by atoms with Crippen molar-refractivity contribution in [2.75, 3.05) is 0 Å². The molecule has 0 aromatic heterocycles. The molecule has 0 bridgehead atoms. The van der Waals surface area contributed by atoms with E-state index >= 15 is 0 Å². The Bertz CT molecular complexity index is 630. The molecular weight excluding hydrogens is 327 g/mol. The van der Waals surface area contributed by atoms with Gasteiger partial charge in [-0.2, -0.15) is 0 Å². The molecular formula is C14H12BrFN2O2. The number of ether oxygens (including phenoxy) is 1. The van der Waals surface area contributed by atoms with E-state index in [0.29, 0.717) is 11.3 Å². The highest BCUT2D eigenvalue weighted by atomic mass is 79.9. The number of nitrogens with zero attached hydrogens (tertiary/aromatic N) is 1. The third-order valence-corrected chi connectivity index (χ3v) is 3.13. The number of hydrogen-bond donors (Lipinski definition) is 2. The maximum absolute atomic E-state index is 12.8. The SMILES string of the molecule is N/C(=N/O)c1cc(Br)ccc1OCc1ccc(F)cc1. The molecule has 0 spiro atoms. The van der Waals surface area contributed by atoms with Crippen LogP contribution in [-0.2, 0) is 6.61 Å². The summed E-state index contributed by atoms with van der Waals surface area (Å²) in [6.07, 6.45) is 0. The second-order valence-corrected chi connectivity index (χ2v) is 4.96. The fourth-order valence-electron chi connectivity index (χ4n) is 1.62. The number of hydrogen-bond acceptors (Lipinski definition) is 3. The number of halogens is 2. The van der Waals surface area contributed by atoms with Gasteiger partial charge >= 0.3 is 0 Å². The Morgan fingerprint density at radius 2 is 1.95 bits per heavy atom. The van der Waals surface area contributed by atoms with Gasteiger partial charge < -0.3 is 15.7 Å². The molecule has 0 aliphatic heterocycles. The minimum absolute atomic E-state index is 0.0413. The van der Waals surface area contributed by atoms with Gasteiger partial charge in [0.2, 0.25) is 0 Å². The van der Waals surface area contributed by atoms with E-state index in [2.05, 4.69) is 21.1 Å². The standard InChI is InChI=1S/C14H12BrFN2O2/c15-10-3-6-13(12(7-10)14(17)18-19)20-8-9-1-4-11(16)5-2-9/h1-7,19H,8H2,(H2,17,18). The highest BCUT2D eigenvalue weighted by Gasteiger charge is 2.09. The normalized spacial score (nSPS) is 11.4. The van der Waals surface area contributed by atoms with Gasteiger partial charge in [-0.1, -0.05) is 33.2 Å². The van der Waals surface area contributed by atoms with Gasteiger partial charge in [0, 0.05) is 4.47 Å². The molecule has 20 heavy (non-hydrogen) atoms. The summed E-state index contributed by atoms with van der Waals surface area (Å²) in [5.74, 6) is 0.142. The van der Waals surface area contributed by atoms with Crippen molar-refractivity contribution in [2.24, 2.45) is 10.9 Å². The van der Waals surface area contributed by atoms with Crippen LogP contribution in [0.5, 0.6) is 5.75 Å². The van der Waals surface area contributed by atoms with Crippen molar-refractivity contribution in [3.63, 3.8) is 0 Å². The van der Waals surface area contributed by atoms with Gasteiger partial charge in [-0.3, -0.25) is 0 Å². The summed E-state index contributed by atoms with van der Waals surface area (Å²) >= 11 is 3.31. The van der Waals surface area contributed by atoms with Gasteiger partial charge in [-0.05, 0) is 35.9 Å². The van der Waals surface area contributed by atoms with Crippen LogP contribution in [0, 0.1) is 5.82 Å². The first-order chi connectivity index (χ1) is 9.60. The third-order valence-electron chi connectivity index (χ3n) is 2.63. The van der Waals surface area contributed by atoms with Crippen LogP contribution in [0.4, 0.5) is 4.39 Å². The molecule has 2 rings (SSSR count). The highest BCUT2D eigenvalue weighted by molar-refractivity contribution is 9.10. The lowest BCUT2D eigenvalue weighted by atomic mass is 10.2. The summed E-state index contributed by atoms with van der Waals surface area (Å²) in [7, 11) is 0. The Balaban J connectivity index is 2.19. The van der Waals surface area contributed by atoms with Crippen LogP contribution in [-0.4, -0.2) is 11.0 Å². The maximum Gasteiger partial charge on any atom is 0.173 e. The number of rotatable bonds is 4. The molecule has 0 atom stereocenters. The molecule has 6 heteroatoms. The topological polar surface area (TPSA) is 67.8 Å². The van der Waals surface area contributed by atoms with E-state index in [1.54, 1.807) is 30.3 Å². The van der Waals surface area contributed by atoms with E-state index < -0.39 is 0 Å². The second kappa shape index (κ2) is 6.38. The van der Waals surface area contributed by atoms with E-state index in [0.717, 1.165) is 10.0 Å². The first-order valence-corrected chi connectivity index (χ1v) is 6.54. The predicted octanol–water partition coefficient (Wildman–Crippen LogP) is 3.26. The van der Waals surface area contributed by atoms with E-state index in [1.807, 2.05) is 0 Å². The van der Waals surface area contributed by atoms with Crippen molar-refractivity contribution in [2.45, 2.75) is 6.61 Å². The van der Waals surface area contributed by atoms with Crippen molar-refractivity contribution in [1.82, 2.24) is 0 Å². The van der Waals surface area contributed by atoms with E-state index in [1.165, 1.54) is 12.1 Å². The molecule has 0 unspecified atom stereocenters. The van der Waals surface area contributed by atoms with E-state index in [4.69, 9.17) is 15.7 Å². The number of nitrogens with two attached hydrogens (primary N) is 1. The molecule has 0 heterocycles. The average Bonchev–Trinajstić information content (AvgIpc) is 2.46. The Morgan fingerprint density at radius 3 is 2.60 bits per heavy atom. The minimum atomic E-state index is -0.297. The summed E-state index contributed by atoms with van der Waals surface area (Å²) in [6.45, 7) is 0.258. The minimum Gasteiger partial charge on any atom is -0.488 e. The smallest absolute Gasteiger partial charge is 0.173 e. The van der Waals surface area contributed by atoms with Crippen LogP contribution >= 0.6 is 15.9 Å². The molecule has 2 aromatic carbocycles. The zero-order valence-corrected chi connectivity index (χ0v) is 12.0. The summed E-state index contributed by atoms with van der Waals surface area (Å²) in [4.78, 5) is 0. The zero-order valence-electron chi connectivity index (χ0n) is 10.4. The van der Waals surface area contributed by atoms with Crippen molar-refractivity contribution < 1.29 is 14.3 Å². The molecule has 0 aliphatic carbocycles. The van der Waals surface area contributed by atoms with E-state index in [-0.39, 0.29) is 18.3 Å². The quantitative estimate of drug-likeness (QED) is 0.389. The highest BCUT2D eigenvalue weighted by Crippen LogP contribution is 2.24. The van der Waals surface area contributed by atoms with Crippen molar-refractivity contribution >= 4 is 21.8 Å². The van der Waals surface area contributed by atoms with Gasteiger partial charge in [0.25, 0.3) is 0 Å². The van der Waals surface area contributed by atoms with Gasteiger partial charge in [0.1, 0.15) is 18.2 Å². The van der Waals surface area contributed by atoms with Crippen LogP contribution in [0.3, 0.4) is 0 Å². The molecule has 0 amide bonds. The number of benzene rings is 2. The van der Waals surface area contributed by atoms with Gasteiger partial charge in [-0.15, -0.1) is 0 Å². The molecule has 4 nitrogen and oxygen atoms in total. The first-order valence-electron chi connectivity index (χ1n) is 5.75. The van der Waals surface area contributed by atoms with Crippen LogP contribution < -0.4 is 10.5 Å². The Labute approximate surface area is 123 Å². The summed E-state index contributed by atoms with van der Waals surface area (Å²) in [6, 6.07) is 11.2. The second-order valence-electron chi connectivity index (χ2n) is 4.04. The Kier molecular flexibility index (Phi) is 4.57. The lowest BCUT2D eigenvalue weighted by Gasteiger charge is -2.11. The fraction of sp³-hybridized carbons (Fsp3) is 0.0714. The van der Waals surface area contributed by atoms with E-state index in [9.17, 15) is 4.39 Å². The molecule has 0 radical (unpaired) electrons. The lowest BCUT2D eigenvalue weighted by Crippen LogP contribution is -2.15. The van der Waals surface area contributed by atoms with Crippen LogP contribution in [0.15, 0.2) is 52.1 Å². The summed E-state index contributed by atoms with van der Waals surface area (Å²) in [5.41, 5.74) is 6.90. The predicted molar refractivity (Wildman–Crippen MR) is 77.4 cm³/mol. The molecule has 0 aliphatic rings. The Morgan fingerprint density at radius 1 is 1.25 bits per heavy atom. The zero-order chi connectivity index (χ0) is 14.5. The molecule has 0 saturated heterocycles. The molecule has 2 aromatic rings. The number of oxime groups is 1. The summed E-state index contributed by atoms with van der Waals surface area (Å²) < 4.78 is 19.2. The van der Waals surface area contributed by atoms with Gasteiger partial charge in [0.05, 0.1) is 5.56 Å². The Hall–Kier alpha value is -2.08. The molecule has 3 N–H and O–H groups in total.